The molecule has 1 aromatic heterocycles. The Labute approximate surface area is 186 Å². The van der Waals surface area contributed by atoms with Crippen LogP contribution in [0.2, 0.25) is 10.0 Å². The molecule has 0 saturated carbocycles. The van der Waals surface area contributed by atoms with Gasteiger partial charge >= 0.3 is 0 Å². The first-order chi connectivity index (χ1) is 13.7. The van der Waals surface area contributed by atoms with Crippen molar-refractivity contribution in [3.8, 4) is 0 Å². The number of benzene rings is 2. The van der Waals surface area contributed by atoms with Crippen molar-refractivity contribution in [2.75, 3.05) is 0 Å². The summed E-state index contributed by atoms with van der Waals surface area (Å²) >= 11 is 13.7. The van der Waals surface area contributed by atoms with Crippen LogP contribution in [0.25, 0.3) is 10.9 Å². The van der Waals surface area contributed by atoms with Crippen LogP contribution in [0.1, 0.15) is 42.1 Å². The Morgan fingerprint density at radius 1 is 1.03 bits per heavy atom. The molecule has 3 aromatic rings. The molecule has 6 heteroatoms. The van der Waals surface area contributed by atoms with E-state index in [2.05, 4.69) is 44.3 Å². The number of nitrogens with zero attached hydrogens (tertiary/aromatic N) is 1. The summed E-state index contributed by atoms with van der Waals surface area (Å²) in [6.07, 6.45) is 0. The van der Waals surface area contributed by atoms with Gasteiger partial charge in [0.1, 0.15) is 0 Å². The van der Waals surface area contributed by atoms with E-state index >= 15 is 0 Å². The third kappa shape index (κ3) is 5.06. The Kier molecular flexibility index (Phi) is 6.77. The Bertz CT molecular complexity index is 1080. The van der Waals surface area contributed by atoms with Crippen molar-refractivity contribution in [1.82, 2.24) is 10.3 Å². The topological polar surface area (TPSA) is 42.0 Å². The molecule has 152 valence electrons. The average molecular weight is 447 g/mol. The summed E-state index contributed by atoms with van der Waals surface area (Å²) in [5.41, 5.74) is 5.37. The number of pyridine rings is 1. The molecule has 0 aliphatic carbocycles. The summed E-state index contributed by atoms with van der Waals surface area (Å²) in [6, 6.07) is 11.4. The van der Waals surface area contributed by atoms with E-state index in [1.807, 2.05) is 19.9 Å². The molecule has 2 atom stereocenters. The number of aromatic nitrogens is 1. The lowest BCUT2D eigenvalue weighted by molar-refractivity contribution is -0.120. The Hall–Kier alpha value is -1.75. The third-order valence-electron chi connectivity index (χ3n) is 4.89. The second kappa shape index (κ2) is 8.95. The summed E-state index contributed by atoms with van der Waals surface area (Å²) in [7, 11) is 0. The van der Waals surface area contributed by atoms with Crippen molar-refractivity contribution in [2.24, 2.45) is 0 Å². The van der Waals surface area contributed by atoms with E-state index in [9.17, 15) is 4.79 Å². The van der Waals surface area contributed by atoms with Gasteiger partial charge in [0.15, 0.2) is 0 Å². The van der Waals surface area contributed by atoms with Crippen molar-refractivity contribution in [2.45, 2.75) is 50.9 Å². The first-order valence-corrected chi connectivity index (χ1v) is 11.1. The fourth-order valence-corrected chi connectivity index (χ4v) is 4.87. The highest BCUT2D eigenvalue weighted by atomic mass is 35.5. The normalized spacial score (nSPS) is 13.3. The Morgan fingerprint density at radius 2 is 1.76 bits per heavy atom. The summed E-state index contributed by atoms with van der Waals surface area (Å²) < 4.78 is 0. The molecule has 0 radical (unpaired) electrons. The maximum absolute atomic E-state index is 12.7. The minimum Gasteiger partial charge on any atom is -0.349 e. The lowest BCUT2D eigenvalue weighted by Gasteiger charge is -2.19. The van der Waals surface area contributed by atoms with E-state index in [0.29, 0.717) is 10.0 Å². The number of rotatable bonds is 5. The molecule has 0 spiro atoms. The van der Waals surface area contributed by atoms with E-state index in [0.717, 1.165) is 27.1 Å². The van der Waals surface area contributed by atoms with Crippen LogP contribution >= 0.6 is 35.0 Å². The van der Waals surface area contributed by atoms with Crippen molar-refractivity contribution in [3.63, 3.8) is 0 Å². The quantitative estimate of drug-likeness (QED) is 0.436. The maximum atomic E-state index is 12.7. The van der Waals surface area contributed by atoms with Gasteiger partial charge in [0, 0.05) is 15.4 Å². The van der Waals surface area contributed by atoms with Gasteiger partial charge in [0.25, 0.3) is 0 Å². The summed E-state index contributed by atoms with van der Waals surface area (Å²) in [5.74, 6) is -0.0614. The number of halogens is 2. The minimum atomic E-state index is -0.293. The van der Waals surface area contributed by atoms with E-state index in [1.165, 1.54) is 22.9 Å². The fraction of sp³-hybridized carbons (Fsp3) is 0.304. The van der Waals surface area contributed by atoms with Gasteiger partial charge in [-0.05, 0) is 75.6 Å². The highest BCUT2D eigenvalue weighted by Gasteiger charge is 2.20. The van der Waals surface area contributed by atoms with E-state index in [-0.39, 0.29) is 17.2 Å². The maximum Gasteiger partial charge on any atom is 0.233 e. The van der Waals surface area contributed by atoms with Crippen molar-refractivity contribution in [1.29, 1.82) is 0 Å². The molecule has 0 aliphatic heterocycles. The van der Waals surface area contributed by atoms with Crippen molar-refractivity contribution in [3.05, 3.63) is 68.7 Å². The molecule has 1 N–H and O–H groups in total. The van der Waals surface area contributed by atoms with Crippen LogP contribution in [0.3, 0.4) is 0 Å². The van der Waals surface area contributed by atoms with Crippen molar-refractivity contribution >= 4 is 51.8 Å². The standard InChI is InChI=1S/C23H24Cl2N2OS/c1-12-8-14(3)22-19(9-12)13(2)10-21(27-22)29-16(5)23(28)26-15(4)18-7-6-17(24)11-20(18)25/h6-11,15-16H,1-5H3,(H,26,28). The molecule has 1 heterocycles. The lowest BCUT2D eigenvalue weighted by atomic mass is 10.0. The van der Waals surface area contributed by atoms with Gasteiger partial charge in [-0.3, -0.25) is 4.79 Å². The van der Waals surface area contributed by atoms with Gasteiger partial charge in [-0.25, -0.2) is 4.98 Å². The summed E-state index contributed by atoms with van der Waals surface area (Å²) in [4.78, 5) is 17.5. The third-order valence-corrected chi connectivity index (χ3v) is 6.47. The van der Waals surface area contributed by atoms with Crippen LogP contribution in [-0.2, 0) is 4.79 Å². The van der Waals surface area contributed by atoms with E-state index in [4.69, 9.17) is 28.2 Å². The minimum absolute atomic E-state index is 0.0614. The highest BCUT2D eigenvalue weighted by molar-refractivity contribution is 8.00. The van der Waals surface area contributed by atoms with Gasteiger partial charge < -0.3 is 5.32 Å². The smallest absolute Gasteiger partial charge is 0.233 e. The van der Waals surface area contributed by atoms with Gasteiger partial charge in [0.2, 0.25) is 5.91 Å². The first-order valence-electron chi connectivity index (χ1n) is 9.46. The Morgan fingerprint density at radius 3 is 2.45 bits per heavy atom. The van der Waals surface area contributed by atoms with E-state index < -0.39 is 0 Å². The van der Waals surface area contributed by atoms with Crippen LogP contribution < -0.4 is 5.32 Å². The molecule has 0 bridgehead atoms. The lowest BCUT2D eigenvalue weighted by Crippen LogP contribution is -2.33. The number of nitrogens with one attached hydrogen (secondary N) is 1. The molecule has 2 aromatic carbocycles. The van der Waals surface area contributed by atoms with Crippen molar-refractivity contribution < 1.29 is 4.79 Å². The molecule has 0 saturated heterocycles. The molecule has 3 nitrogen and oxygen atoms in total. The van der Waals surface area contributed by atoms with Crippen LogP contribution in [0.15, 0.2) is 41.4 Å². The van der Waals surface area contributed by atoms with Crippen LogP contribution in [0, 0.1) is 20.8 Å². The summed E-state index contributed by atoms with van der Waals surface area (Å²) in [5, 5.41) is 5.87. The van der Waals surface area contributed by atoms with Gasteiger partial charge in [0.05, 0.1) is 21.8 Å². The molecule has 2 unspecified atom stereocenters. The monoisotopic (exact) mass is 446 g/mol. The zero-order chi connectivity index (χ0) is 21.3. The number of hydrogen-bond donors (Lipinski definition) is 1. The second-order valence-corrected chi connectivity index (χ2v) is 9.62. The number of fused-ring (bicyclic) bond motifs is 1. The number of thioether (sulfide) groups is 1. The molecular formula is C23H24Cl2N2OS. The first kappa shape index (κ1) is 21.9. The molecule has 29 heavy (non-hydrogen) atoms. The fourth-order valence-electron chi connectivity index (χ4n) is 3.37. The average Bonchev–Trinajstić information content (AvgIpc) is 2.62. The predicted molar refractivity (Wildman–Crippen MR) is 124 cm³/mol. The van der Waals surface area contributed by atoms with E-state index in [1.54, 1.807) is 12.1 Å². The zero-order valence-corrected chi connectivity index (χ0v) is 19.5. The largest absolute Gasteiger partial charge is 0.349 e. The Balaban J connectivity index is 1.75. The second-order valence-electron chi connectivity index (χ2n) is 7.41. The zero-order valence-electron chi connectivity index (χ0n) is 17.1. The predicted octanol–water partition coefficient (Wildman–Crippen LogP) is 6.82. The van der Waals surface area contributed by atoms with Crippen LogP contribution in [0.4, 0.5) is 0 Å². The van der Waals surface area contributed by atoms with Crippen LogP contribution in [0.5, 0.6) is 0 Å². The SMILES string of the molecule is Cc1cc(C)c2nc(SC(C)C(=O)NC(C)c3ccc(Cl)cc3Cl)cc(C)c2c1. The van der Waals surface area contributed by atoms with Gasteiger partial charge in [-0.1, -0.05) is 52.7 Å². The number of carbonyl (C=O) groups is 1. The highest BCUT2D eigenvalue weighted by Crippen LogP contribution is 2.30. The molecule has 0 fully saturated rings. The number of hydrogen-bond acceptors (Lipinski definition) is 3. The van der Waals surface area contributed by atoms with Crippen LogP contribution in [-0.4, -0.2) is 16.1 Å². The van der Waals surface area contributed by atoms with Gasteiger partial charge in [-0.2, -0.15) is 0 Å². The number of aryl methyl sites for hydroxylation is 3. The molecule has 1 amide bonds. The molecule has 0 aliphatic rings. The van der Waals surface area contributed by atoms with Gasteiger partial charge in [-0.15, -0.1) is 0 Å². The molecule has 3 rings (SSSR count). The number of carbonyl (C=O) groups excluding carboxylic acids is 1. The molecular weight excluding hydrogens is 423 g/mol. The summed E-state index contributed by atoms with van der Waals surface area (Å²) in [6.45, 7) is 10.1. The number of amides is 1.